The molecule has 0 amide bonds. The van der Waals surface area contributed by atoms with E-state index in [4.69, 9.17) is 33.2 Å². The van der Waals surface area contributed by atoms with Crippen LogP contribution in [0.2, 0.25) is 0 Å². The Hall–Kier alpha value is -0.280. The quantitative estimate of drug-likeness (QED) is 0.347. The number of hydrogen-bond acceptors (Lipinski definition) is 7. The lowest BCUT2D eigenvalue weighted by molar-refractivity contribution is -0.105. The van der Waals surface area contributed by atoms with Gasteiger partial charge in [0, 0.05) is 27.9 Å². The second-order valence-electron chi connectivity index (χ2n) is 5.02. The largest absolute Gasteiger partial charge is 0.382 e. The van der Waals surface area contributed by atoms with Crippen LogP contribution in [0.5, 0.6) is 0 Å². The van der Waals surface area contributed by atoms with E-state index < -0.39 is 0 Å². The van der Waals surface area contributed by atoms with Gasteiger partial charge < -0.3 is 33.2 Å². The van der Waals surface area contributed by atoms with Crippen molar-refractivity contribution in [2.24, 2.45) is 0 Å². The van der Waals surface area contributed by atoms with Crippen molar-refractivity contribution in [3.8, 4) is 0 Å². The summed E-state index contributed by atoms with van der Waals surface area (Å²) in [7, 11) is 4.94. The molecule has 0 rings (SSSR count). The van der Waals surface area contributed by atoms with Gasteiger partial charge in [0.2, 0.25) is 0 Å². The molecule has 0 aliphatic heterocycles. The highest BCUT2D eigenvalue weighted by atomic mass is 16.6. The Kier molecular flexibility index (Phi) is 17.8. The number of hydrogen-bond donors (Lipinski definition) is 0. The van der Waals surface area contributed by atoms with Crippen LogP contribution in [0, 0.1) is 0 Å². The van der Waals surface area contributed by atoms with Crippen LogP contribution in [-0.2, 0) is 33.2 Å². The fourth-order valence-electron chi connectivity index (χ4n) is 1.65. The van der Waals surface area contributed by atoms with Gasteiger partial charge in [0.05, 0.1) is 52.9 Å². The van der Waals surface area contributed by atoms with Gasteiger partial charge in [-0.2, -0.15) is 0 Å². The van der Waals surface area contributed by atoms with Crippen LogP contribution in [-0.4, -0.2) is 93.0 Å². The molecule has 0 N–H and O–H groups in total. The summed E-state index contributed by atoms with van der Waals surface area (Å²) in [5.74, 6) is 0. The molecule has 0 aromatic heterocycles. The molecule has 0 aromatic carbocycles. The van der Waals surface area contributed by atoms with E-state index in [-0.39, 0.29) is 12.2 Å². The summed E-state index contributed by atoms with van der Waals surface area (Å²) in [6, 6.07) is 0. The van der Waals surface area contributed by atoms with E-state index in [0.29, 0.717) is 52.9 Å². The van der Waals surface area contributed by atoms with Gasteiger partial charge in [0.15, 0.2) is 0 Å². The van der Waals surface area contributed by atoms with Crippen molar-refractivity contribution >= 4 is 0 Å². The summed E-state index contributed by atoms with van der Waals surface area (Å²) in [6.07, 6.45) is 0.732. The molecule has 7 heteroatoms. The first-order valence-corrected chi connectivity index (χ1v) is 8.13. The minimum absolute atomic E-state index is 0.0954. The third-order valence-electron chi connectivity index (χ3n) is 2.97. The van der Waals surface area contributed by atoms with Crippen LogP contribution >= 0.6 is 0 Å². The fourth-order valence-corrected chi connectivity index (χ4v) is 1.65. The lowest BCUT2D eigenvalue weighted by Gasteiger charge is -2.22. The van der Waals surface area contributed by atoms with Crippen molar-refractivity contribution in [2.45, 2.75) is 25.6 Å². The molecule has 0 spiro atoms. The summed E-state index contributed by atoms with van der Waals surface area (Å²) < 4.78 is 37.7. The molecule has 0 aromatic rings. The van der Waals surface area contributed by atoms with E-state index in [9.17, 15) is 0 Å². The molecule has 0 aliphatic rings. The third kappa shape index (κ3) is 15.0. The molecule has 0 heterocycles. The predicted octanol–water partition coefficient (Wildman–Crippen LogP) is 1.14. The van der Waals surface area contributed by atoms with E-state index >= 15 is 0 Å². The second-order valence-corrected chi connectivity index (χ2v) is 5.02. The zero-order valence-corrected chi connectivity index (χ0v) is 15.1. The Morgan fingerprint density at radius 3 is 1.61 bits per heavy atom. The van der Waals surface area contributed by atoms with Crippen LogP contribution in [0.15, 0.2) is 0 Å². The first kappa shape index (κ1) is 22.7. The van der Waals surface area contributed by atoms with Gasteiger partial charge in [-0.25, -0.2) is 0 Å². The van der Waals surface area contributed by atoms with Crippen molar-refractivity contribution in [1.29, 1.82) is 0 Å². The van der Waals surface area contributed by atoms with Crippen LogP contribution in [0.1, 0.15) is 13.3 Å². The lowest BCUT2D eigenvalue weighted by atomic mass is 10.3. The molecule has 0 aliphatic carbocycles. The number of rotatable bonds is 18. The van der Waals surface area contributed by atoms with Gasteiger partial charge in [0.1, 0.15) is 12.2 Å². The van der Waals surface area contributed by atoms with Crippen molar-refractivity contribution in [3.05, 3.63) is 0 Å². The first-order valence-electron chi connectivity index (χ1n) is 8.13. The van der Waals surface area contributed by atoms with Crippen molar-refractivity contribution in [3.63, 3.8) is 0 Å². The summed E-state index contributed by atoms with van der Waals surface area (Å²) >= 11 is 0. The maximum Gasteiger partial charge on any atom is 0.104 e. The third-order valence-corrected chi connectivity index (χ3v) is 2.97. The Morgan fingerprint density at radius 2 is 1.13 bits per heavy atom. The molecule has 0 fully saturated rings. The molecular formula is C16H34O7. The standard InChI is InChI=1S/C16H34O7/c1-5-6-20-11-15(19-4)14-23-16(12-21-9-7-17-2)13-22-10-8-18-3/h15-16H,5-14H2,1-4H3. The van der Waals surface area contributed by atoms with Gasteiger partial charge in [-0.05, 0) is 6.42 Å². The number of ether oxygens (including phenoxy) is 7. The Bertz CT molecular complexity index is 216. The Morgan fingerprint density at radius 1 is 0.609 bits per heavy atom. The summed E-state index contributed by atoms with van der Waals surface area (Å²) in [6.45, 7) is 6.82. The van der Waals surface area contributed by atoms with Crippen LogP contribution in [0.4, 0.5) is 0 Å². The second kappa shape index (κ2) is 18.1. The maximum absolute atomic E-state index is 5.85. The van der Waals surface area contributed by atoms with E-state index in [2.05, 4.69) is 6.92 Å². The molecule has 0 bridgehead atoms. The zero-order chi connectivity index (χ0) is 17.2. The summed E-state index contributed by atoms with van der Waals surface area (Å²) in [5.41, 5.74) is 0. The first-order chi connectivity index (χ1) is 11.3. The minimum Gasteiger partial charge on any atom is -0.382 e. The van der Waals surface area contributed by atoms with Crippen molar-refractivity contribution in [1.82, 2.24) is 0 Å². The molecule has 0 radical (unpaired) electrons. The monoisotopic (exact) mass is 338 g/mol. The predicted molar refractivity (Wildman–Crippen MR) is 87.0 cm³/mol. The van der Waals surface area contributed by atoms with E-state index in [0.717, 1.165) is 13.0 Å². The minimum atomic E-state index is -0.160. The average Bonchev–Trinajstić information content (AvgIpc) is 2.57. The van der Waals surface area contributed by atoms with Gasteiger partial charge in [-0.15, -0.1) is 0 Å². The van der Waals surface area contributed by atoms with Crippen LogP contribution in [0.25, 0.3) is 0 Å². The van der Waals surface area contributed by atoms with E-state index in [1.165, 1.54) is 0 Å². The number of methoxy groups -OCH3 is 3. The highest BCUT2D eigenvalue weighted by Gasteiger charge is 2.15. The van der Waals surface area contributed by atoms with Gasteiger partial charge in [-0.3, -0.25) is 0 Å². The van der Waals surface area contributed by atoms with Crippen molar-refractivity contribution < 1.29 is 33.2 Å². The van der Waals surface area contributed by atoms with Crippen LogP contribution in [0.3, 0.4) is 0 Å². The van der Waals surface area contributed by atoms with Crippen molar-refractivity contribution in [2.75, 3.05) is 80.8 Å². The fraction of sp³-hybridized carbons (Fsp3) is 1.00. The normalized spacial score (nSPS) is 12.9. The molecule has 7 nitrogen and oxygen atoms in total. The van der Waals surface area contributed by atoms with E-state index in [1.54, 1.807) is 21.3 Å². The topological polar surface area (TPSA) is 64.6 Å². The van der Waals surface area contributed by atoms with Crippen LogP contribution < -0.4 is 0 Å². The van der Waals surface area contributed by atoms with Gasteiger partial charge in [0.25, 0.3) is 0 Å². The smallest absolute Gasteiger partial charge is 0.104 e. The van der Waals surface area contributed by atoms with Gasteiger partial charge in [-0.1, -0.05) is 6.92 Å². The maximum atomic E-state index is 5.85. The van der Waals surface area contributed by atoms with Gasteiger partial charge >= 0.3 is 0 Å². The molecule has 140 valence electrons. The zero-order valence-electron chi connectivity index (χ0n) is 15.1. The molecule has 1 unspecified atom stereocenters. The molecule has 1 atom stereocenters. The Labute approximate surface area is 140 Å². The highest BCUT2D eigenvalue weighted by Crippen LogP contribution is 2.01. The average molecular weight is 338 g/mol. The van der Waals surface area contributed by atoms with E-state index in [1.807, 2.05) is 0 Å². The SMILES string of the molecule is CCCOCC(COC(COCCOC)COCCOC)OC. The molecular weight excluding hydrogens is 304 g/mol. The molecule has 0 saturated heterocycles. The molecule has 0 saturated carbocycles. The molecule has 23 heavy (non-hydrogen) atoms. The summed E-state index contributed by atoms with van der Waals surface area (Å²) in [5, 5.41) is 0. The lowest BCUT2D eigenvalue weighted by Crippen LogP contribution is -2.33. The Balaban J connectivity index is 4.03. The summed E-state index contributed by atoms with van der Waals surface area (Å²) in [4.78, 5) is 0. The highest BCUT2D eigenvalue weighted by molar-refractivity contribution is 4.61.